The summed E-state index contributed by atoms with van der Waals surface area (Å²) in [6.07, 6.45) is 3.32. The molecular formula is C10H14BrN3O2S. The van der Waals surface area contributed by atoms with Gasteiger partial charge in [-0.05, 0) is 33.9 Å². The van der Waals surface area contributed by atoms with Crippen molar-refractivity contribution in [1.82, 2.24) is 4.98 Å². The zero-order valence-electron chi connectivity index (χ0n) is 9.64. The van der Waals surface area contributed by atoms with Crippen LogP contribution in [-0.4, -0.2) is 28.5 Å². The number of pyridine rings is 1. The van der Waals surface area contributed by atoms with Gasteiger partial charge in [0.2, 0.25) is 0 Å². The predicted octanol–water partition coefficient (Wildman–Crippen LogP) is 3.16. The fraction of sp³-hybridized carbons (Fsp3) is 0.500. The van der Waals surface area contributed by atoms with Crippen molar-refractivity contribution in [2.24, 2.45) is 5.92 Å². The largest absolute Gasteiger partial charge is 0.369 e. The third kappa shape index (κ3) is 4.51. The molecule has 0 amide bonds. The number of nitro groups is 1. The van der Waals surface area contributed by atoms with E-state index in [1.165, 1.54) is 12.3 Å². The highest BCUT2D eigenvalue weighted by Crippen LogP contribution is 2.24. The highest BCUT2D eigenvalue weighted by atomic mass is 79.9. The van der Waals surface area contributed by atoms with Crippen LogP contribution in [0.4, 0.5) is 11.5 Å². The Morgan fingerprint density at radius 3 is 2.94 bits per heavy atom. The lowest BCUT2D eigenvalue weighted by Gasteiger charge is -2.12. The molecule has 0 saturated carbocycles. The van der Waals surface area contributed by atoms with Gasteiger partial charge in [-0.15, -0.1) is 0 Å². The number of hydrogen-bond donors (Lipinski definition) is 1. The molecule has 1 unspecified atom stereocenters. The van der Waals surface area contributed by atoms with Gasteiger partial charge in [-0.3, -0.25) is 10.1 Å². The van der Waals surface area contributed by atoms with Crippen molar-refractivity contribution >= 4 is 39.2 Å². The van der Waals surface area contributed by atoms with Crippen LogP contribution in [0.15, 0.2) is 16.7 Å². The van der Waals surface area contributed by atoms with Crippen LogP contribution in [0, 0.1) is 16.0 Å². The molecule has 1 N–H and O–H groups in total. The first-order chi connectivity index (χ1) is 8.04. The van der Waals surface area contributed by atoms with Crippen LogP contribution in [0.2, 0.25) is 0 Å². The molecule has 1 aromatic heterocycles. The molecular weight excluding hydrogens is 306 g/mol. The summed E-state index contributed by atoms with van der Waals surface area (Å²) in [5.74, 6) is 2.23. The van der Waals surface area contributed by atoms with E-state index in [1.807, 2.05) is 0 Å². The average molecular weight is 320 g/mol. The number of nitrogens with one attached hydrogen (secondary N) is 1. The van der Waals surface area contributed by atoms with E-state index in [4.69, 9.17) is 0 Å². The smallest absolute Gasteiger partial charge is 0.288 e. The molecule has 0 bridgehead atoms. The van der Waals surface area contributed by atoms with Crippen molar-refractivity contribution in [2.75, 3.05) is 23.9 Å². The summed E-state index contributed by atoms with van der Waals surface area (Å²) in [6.45, 7) is 2.94. The van der Waals surface area contributed by atoms with Crippen molar-refractivity contribution in [2.45, 2.75) is 6.92 Å². The van der Waals surface area contributed by atoms with Crippen LogP contribution in [0.5, 0.6) is 0 Å². The molecule has 17 heavy (non-hydrogen) atoms. The highest BCUT2D eigenvalue weighted by molar-refractivity contribution is 9.10. The van der Waals surface area contributed by atoms with Crippen LogP contribution in [-0.2, 0) is 0 Å². The van der Waals surface area contributed by atoms with Crippen molar-refractivity contribution in [3.8, 4) is 0 Å². The second-order valence-corrected chi connectivity index (χ2v) is 5.49. The fourth-order valence-electron chi connectivity index (χ4n) is 1.27. The maximum Gasteiger partial charge on any atom is 0.288 e. The normalized spacial score (nSPS) is 12.2. The van der Waals surface area contributed by atoms with E-state index in [2.05, 4.69) is 39.4 Å². The first kappa shape index (κ1) is 14.2. The summed E-state index contributed by atoms with van der Waals surface area (Å²) < 4.78 is 0.614. The van der Waals surface area contributed by atoms with Gasteiger partial charge in [0, 0.05) is 12.6 Å². The predicted molar refractivity (Wildman–Crippen MR) is 74.6 cm³/mol. The number of nitrogens with zero attached hydrogens (tertiary/aromatic N) is 2. The topological polar surface area (TPSA) is 68.1 Å². The lowest BCUT2D eigenvalue weighted by Crippen LogP contribution is -2.14. The summed E-state index contributed by atoms with van der Waals surface area (Å²) in [4.78, 5) is 14.1. The molecule has 0 spiro atoms. The maximum atomic E-state index is 10.5. The van der Waals surface area contributed by atoms with E-state index in [0.717, 1.165) is 12.3 Å². The Hall–Kier alpha value is -0.820. The molecule has 94 valence electrons. The summed E-state index contributed by atoms with van der Waals surface area (Å²) >= 11 is 5.06. The van der Waals surface area contributed by atoms with Crippen molar-refractivity contribution in [3.05, 3.63) is 26.9 Å². The Kier molecular flexibility index (Phi) is 5.70. The van der Waals surface area contributed by atoms with Crippen LogP contribution in [0.1, 0.15) is 6.92 Å². The summed E-state index contributed by atoms with van der Waals surface area (Å²) in [5, 5.41) is 13.7. The molecule has 7 heteroatoms. The molecule has 0 aromatic carbocycles. The van der Waals surface area contributed by atoms with E-state index >= 15 is 0 Å². The van der Waals surface area contributed by atoms with E-state index in [0.29, 0.717) is 16.2 Å². The van der Waals surface area contributed by atoms with Gasteiger partial charge < -0.3 is 5.32 Å². The number of halogens is 1. The fourth-order valence-corrected chi connectivity index (χ4v) is 2.44. The Morgan fingerprint density at radius 1 is 1.71 bits per heavy atom. The zero-order chi connectivity index (χ0) is 12.8. The SMILES string of the molecule is CSCC(C)CNc1ncc([N+](=O)[O-])cc1Br. The number of anilines is 1. The first-order valence-corrected chi connectivity index (χ1v) is 7.26. The number of rotatable bonds is 6. The molecule has 0 radical (unpaired) electrons. The molecule has 1 atom stereocenters. The van der Waals surface area contributed by atoms with Crippen molar-refractivity contribution < 1.29 is 4.92 Å². The monoisotopic (exact) mass is 319 g/mol. The summed E-state index contributed by atoms with van der Waals surface area (Å²) in [5.41, 5.74) is -0.0143. The van der Waals surface area contributed by atoms with E-state index in [9.17, 15) is 10.1 Å². The van der Waals surface area contributed by atoms with Gasteiger partial charge in [0.05, 0.1) is 9.40 Å². The van der Waals surface area contributed by atoms with E-state index in [-0.39, 0.29) is 5.69 Å². The first-order valence-electron chi connectivity index (χ1n) is 5.07. The van der Waals surface area contributed by atoms with Gasteiger partial charge in [-0.1, -0.05) is 6.92 Å². The summed E-state index contributed by atoms with van der Waals surface area (Å²) in [6, 6.07) is 1.45. The molecule has 0 fully saturated rings. The quantitative estimate of drug-likeness (QED) is 0.644. The molecule has 0 aliphatic carbocycles. The Balaban J connectivity index is 2.63. The van der Waals surface area contributed by atoms with Crippen LogP contribution in [0.25, 0.3) is 0 Å². The third-order valence-electron chi connectivity index (χ3n) is 2.11. The van der Waals surface area contributed by atoms with Crippen LogP contribution >= 0.6 is 27.7 Å². The summed E-state index contributed by atoms with van der Waals surface area (Å²) in [7, 11) is 0. The molecule has 5 nitrogen and oxygen atoms in total. The highest BCUT2D eigenvalue weighted by Gasteiger charge is 2.11. The Bertz CT molecular complexity index is 403. The maximum absolute atomic E-state index is 10.5. The Morgan fingerprint density at radius 2 is 2.41 bits per heavy atom. The zero-order valence-corrected chi connectivity index (χ0v) is 12.0. The Labute approximate surface area is 113 Å². The number of thioether (sulfide) groups is 1. The molecule has 1 heterocycles. The van der Waals surface area contributed by atoms with Crippen molar-refractivity contribution in [1.29, 1.82) is 0 Å². The number of hydrogen-bond acceptors (Lipinski definition) is 5. The second-order valence-electron chi connectivity index (χ2n) is 3.72. The second kappa shape index (κ2) is 6.80. The van der Waals surface area contributed by atoms with Crippen LogP contribution in [0.3, 0.4) is 0 Å². The minimum Gasteiger partial charge on any atom is -0.369 e. The van der Waals surface area contributed by atoms with Crippen molar-refractivity contribution in [3.63, 3.8) is 0 Å². The van der Waals surface area contributed by atoms with Gasteiger partial charge in [0.1, 0.15) is 12.0 Å². The van der Waals surface area contributed by atoms with Gasteiger partial charge in [0.15, 0.2) is 0 Å². The molecule has 1 rings (SSSR count). The van der Waals surface area contributed by atoms with E-state index in [1.54, 1.807) is 11.8 Å². The van der Waals surface area contributed by atoms with Gasteiger partial charge in [0.25, 0.3) is 5.69 Å². The number of aromatic nitrogens is 1. The van der Waals surface area contributed by atoms with Crippen LogP contribution < -0.4 is 5.32 Å². The molecule has 1 aromatic rings. The average Bonchev–Trinajstić information content (AvgIpc) is 2.27. The lowest BCUT2D eigenvalue weighted by molar-refractivity contribution is -0.385. The van der Waals surface area contributed by atoms with Gasteiger partial charge in [-0.2, -0.15) is 11.8 Å². The third-order valence-corrected chi connectivity index (χ3v) is 3.61. The standard InChI is InChI=1S/C10H14BrN3O2S/c1-7(6-17-2)4-12-10-9(11)3-8(5-13-10)14(15)16/h3,5,7H,4,6H2,1-2H3,(H,12,13). The molecule has 0 aliphatic rings. The molecule has 0 aliphatic heterocycles. The minimum atomic E-state index is -0.460. The van der Waals surface area contributed by atoms with Gasteiger partial charge >= 0.3 is 0 Å². The van der Waals surface area contributed by atoms with Gasteiger partial charge in [-0.25, -0.2) is 4.98 Å². The molecule has 0 saturated heterocycles. The lowest BCUT2D eigenvalue weighted by atomic mass is 10.2. The minimum absolute atomic E-state index is 0.0143. The van der Waals surface area contributed by atoms with E-state index < -0.39 is 4.92 Å².